The number of aromatic nitrogens is 1. The van der Waals surface area contributed by atoms with Crippen LogP contribution in [0.1, 0.15) is 10.4 Å². The van der Waals surface area contributed by atoms with Crippen molar-refractivity contribution in [2.24, 2.45) is 0 Å². The van der Waals surface area contributed by atoms with Crippen molar-refractivity contribution in [3.05, 3.63) is 52.0 Å². The fraction of sp³-hybridized carbons (Fsp3) is 0.176. The van der Waals surface area contributed by atoms with Crippen LogP contribution in [0.2, 0.25) is 10.0 Å². The zero-order chi connectivity index (χ0) is 17.1. The van der Waals surface area contributed by atoms with Gasteiger partial charge in [0, 0.05) is 34.3 Å². The molecule has 2 aromatic carbocycles. The number of carbonyl (C=O) groups excluding carboxylic acids is 1. The highest BCUT2D eigenvalue weighted by Gasteiger charge is 2.12. The molecule has 3 rings (SSSR count). The molecule has 0 saturated heterocycles. The molecule has 24 heavy (non-hydrogen) atoms. The van der Waals surface area contributed by atoms with Gasteiger partial charge < -0.3 is 15.1 Å². The van der Waals surface area contributed by atoms with Gasteiger partial charge in [-0.15, -0.1) is 0 Å². The number of nitrogens with zero attached hydrogens (tertiary/aromatic N) is 1. The molecule has 0 aliphatic heterocycles. The predicted octanol–water partition coefficient (Wildman–Crippen LogP) is 3.75. The minimum absolute atomic E-state index is 0.157. The zero-order valence-electron chi connectivity index (χ0n) is 12.9. The predicted molar refractivity (Wildman–Crippen MR) is 95.7 cm³/mol. The Bertz CT molecular complexity index is 872. The molecule has 0 saturated carbocycles. The van der Waals surface area contributed by atoms with Crippen LogP contribution in [0.25, 0.3) is 22.6 Å². The molecule has 2 N–H and O–H groups in total. The van der Waals surface area contributed by atoms with E-state index in [0.717, 1.165) is 0 Å². The number of halogens is 2. The molecule has 1 heterocycles. The molecule has 5 nitrogen and oxygen atoms in total. The number of amides is 1. The van der Waals surface area contributed by atoms with Crippen LogP contribution < -0.4 is 10.6 Å². The summed E-state index contributed by atoms with van der Waals surface area (Å²) in [5.74, 6) is 0.248. The van der Waals surface area contributed by atoms with E-state index in [-0.39, 0.29) is 5.91 Å². The van der Waals surface area contributed by atoms with Crippen LogP contribution in [0.4, 0.5) is 0 Å². The van der Waals surface area contributed by atoms with E-state index in [1.165, 1.54) is 0 Å². The molecule has 7 heteroatoms. The Balaban J connectivity index is 1.90. The Hall–Kier alpha value is -2.08. The summed E-state index contributed by atoms with van der Waals surface area (Å²) in [6, 6.07) is 10.2. The summed E-state index contributed by atoms with van der Waals surface area (Å²) < 4.78 is 5.76. The Morgan fingerprint density at radius 3 is 2.58 bits per heavy atom. The second-order valence-electron chi connectivity index (χ2n) is 5.22. The van der Waals surface area contributed by atoms with Gasteiger partial charge in [-0.3, -0.25) is 4.79 Å². The normalized spacial score (nSPS) is 11.0. The standard InChI is InChI=1S/C17H15Cl2N3O2/c1-20-4-5-21-16(23)10-2-3-14-15(8-10)24-17(22-14)11-6-12(18)9-13(19)7-11/h2-3,6-9,20H,4-5H2,1H3,(H,21,23). The highest BCUT2D eigenvalue weighted by molar-refractivity contribution is 6.35. The fourth-order valence-electron chi connectivity index (χ4n) is 2.27. The van der Waals surface area contributed by atoms with Gasteiger partial charge in [-0.25, -0.2) is 4.98 Å². The lowest BCUT2D eigenvalue weighted by Crippen LogP contribution is -2.30. The van der Waals surface area contributed by atoms with Gasteiger partial charge in [0.2, 0.25) is 5.89 Å². The molecular weight excluding hydrogens is 349 g/mol. The van der Waals surface area contributed by atoms with Gasteiger partial charge in [0.15, 0.2) is 5.58 Å². The number of hydrogen-bond acceptors (Lipinski definition) is 4. The second kappa shape index (κ2) is 7.21. The quantitative estimate of drug-likeness (QED) is 0.677. The van der Waals surface area contributed by atoms with Crippen molar-refractivity contribution in [3.63, 3.8) is 0 Å². The number of fused-ring (bicyclic) bond motifs is 1. The first-order valence-electron chi connectivity index (χ1n) is 7.36. The zero-order valence-corrected chi connectivity index (χ0v) is 14.4. The van der Waals surface area contributed by atoms with Crippen LogP contribution in [-0.4, -0.2) is 31.0 Å². The van der Waals surface area contributed by atoms with E-state index in [9.17, 15) is 4.79 Å². The molecule has 1 amide bonds. The molecule has 0 aliphatic rings. The second-order valence-corrected chi connectivity index (χ2v) is 6.09. The molecule has 0 spiro atoms. The van der Waals surface area contributed by atoms with Gasteiger partial charge in [-0.1, -0.05) is 23.2 Å². The van der Waals surface area contributed by atoms with E-state index < -0.39 is 0 Å². The van der Waals surface area contributed by atoms with E-state index in [0.29, 0.717) is 51.3 Å². The maximum Gasteiger partial charge on any atom is 0.251 e. The number of benzene rings is 2. The number of likely N-dealkylation sites (N-methyl/N-ethyl adjacent to an activating group) is 1. The number of nitrogens with one attached hydrogen (secondary N) is 2. The molecule has 124 valence electrons. The maximum absolute atomic E-state index is 12.1. The molecule has 0 atom stereocenters. The van der Waals surface area contributed by atoms with Gasteiger partial charge >= 0.3 is 0 Å². The average Bonchev–Trinajstić information content (AvgIpc) is 2.97. The summed E-state index contributed by atoms with van der Waals surface area (Å²) in [6.07, 6.45) is 0. The highest BCUT2D eigenvalue weighted by Crippen LogP contribution is 2.29. The number of rotatable bonds is 5. The SMILES string of the molecule is CNCCNC(=O)c1ccc2nc(-c3cc(Cl)cc(Cl)c3)oc2c1. The number of hydrogen-bond donors (Lipinski definition) is 2. The van der Waals surface area contributed by atoms with Gasteiger partial charge in [0.25, 0.3) is 5.91 Å². The van der Waals surface area contributed by atoms with Crippen LogP contribution >= 0.6 is 23.2 Å². The van der Waals surface area contributed by atoms with Crippen molar-refractivity contribution in [1.29, 1.82) is 0 Å². The first-order chi connectivity index (χ1) is 11.6. The van der Waals surface area contributed by atoms with Gasteiger partial charge in [-0.05, 0) is 43.4 Å². The lowest BCUT2D eigenvalue weighted by molar-refractivity contribution is 0.0954. The first-order valence-corrected chi connectivity index (χ1v) is 8.12. The van der Waals surface area contributed by atoms with Crippen molar-refractivity contribution in [2.45, 2.75) is 0 Å². The van der Waals surface area contributed by atoms with Gasteiger partial charge in [0.05, 0.1) is 0 Å². The molecule has 0 aliphatic carbocycles. The lowest BCUT2D eigenvalue weighted by Gasteiger charge is -2.04. The van der Waals surface area contributed by atoms with E-state index in [4.69, 9.17) is 27.6 Å². The van der Waals surface area contributed by atoms with Crippen molar-refractivity contribution in [1.82, 2.24) is 15.6 Å². The fourth-order valence-corrected chi connectivity index (χ4v) is 2.80. The largest absolute Gasteiger partial charge is 0.436 e. The minimum Gasteiger partial charge on any atom is -0.436 e. The Labute approximate surface area is 149 Å². The molecule has 0 bridgehead atoms. The highest BCUT2D eigenvalue weighted by atomic mass is 35.5. The summed E-state index contributed by atoms with van der Waals surface area (Å²) in [5.41, 5.74) is 2.39. The van der Waals surface area contributed by atoms with Crippen LogP contribution in [0, 0.1) is 0 Å². The van der Waals surface area contributed by atoms with Crippen LogP contribution in [0.3, 0.4) is 0 Å². The lowest BCUT2D eigenvalue weighted by atomic mass is 10.2. The molecule has 3 aromatic rings. The maximum atomic E-state index is 12.1. The summed E-state index contributed by atoms with van der Waals surface area (Å²) in [7, 11) is 1.83. The number of oxazole rings is 1. The van der Waals surface area contributed by atoms with Crippen LogP contribution in [-0.2, 0) is 0 Å². The van der Waals surface area contributed by atoms with Crippen molar-refractivity contribution in [3.8, 4) is 11.5 Å². The Morgan fingerprint density at radius 1 is 1.12 bits per heavy atom. The van der Waals surface area contributed by atoms with Gasteiger partial charge in [0.1, 0.15) is 5.52 Å². The summed E-state index contributed by atoms with van der Waals surface area (Å²) in [6.45, 7) is 1.26. The Morgan fingerprint density at radius 2 is 1.88 bits per heavy atom. The monoisotopic (exact) mass is 363 g/mol. The minimum atomic E-state index is -0.157. The molecular formula is C17H15Cl2N3O2. The first kappa shape index (κ1) is 16.8. The van der Waals surface area contributed by atoms with E-state index >= 15 is 0 Å². The molecule has 0 fully saturated rings. The van der Waals surface area contributed by atoms with E-state index in [2.05, 4.69) is 15.6 Å². The van der Waals surface area contributed by atoms with Crippen LogP contribution in [0.5, 0.6) is 0 Å². The van der Waals surface area contributed by atoms with Crippen molar-refractivity contribution < 1.29 is 9.21 Å². The average molecular weight is 364 g/mol. The molecule has 0 radical (unpaired) electrons. The smallest absolute Gasteiger partial charge is 0.251 e. The molecule has 1 aromatic heterocycles. The third-order valence-electron chi connectivity index (χ3n) is 3.42. The third-order valence-corrected chi connectivity index (χ3v) is 3.86. The topological polar surface area (TPSA) is 67.2 Å². The van der Waals surface area contributed by atoms with Gasteiger partial charge in [-0.2, -0.15) is 0 Å². The van der Waals surface area contributed by atoms with Crippen LogP contribution in [0.15, 0.2) is 40.8 Å². The summed E-state index contributed by atoms with van der Waals surface area (Å²) in [5, 5.41) is 6.80. The van der Waals surface area contributed by atoms with E-state index in [1.807, 2.05) is 7.05 Å². The summed E-state index contributed by atoms with van der Waals surface area (Å²) in [4.78, 5) is 16.5. The Kier molecular flexibility index (Phi) is 5.04. The van der Waals surface area contributed by atoms with E-state index in [1.54, 1.807) is 36.4 Å². The molecule has 0 unspecified atom stereocenters. The summed E-state index contributed by atoms with van der Waals surface area (Å²) >= 11 is 12.0. The third kappa shape index (κ3) is 3.70. The van der Waals surface area contributed by atoms with Crippen molar-refractivity contribution in [2.75, 3.05) is 20.1 Å². The van der Waals surface area contributed by atoms with Crippen molar-refractivity contribution >= 4 is 40.2 Å². The number of carbonyl (C=O) groups is 1.